The maximum Gasteiger partial charge on any atom is 0.257 e. The maximum atomic E-state index is 12.6. The lowest BCUT2D eigenvalue weighted by Crippen LogP contribution is -2.31. The molecule has 1 aliphatic heterocycles. The molecular formula is C16H13Cl2N3O2S. The second-order valence-corrected chi connectivity index (χ2v) is 7.00. The van der Waals surface area contributed by atoms with Crippen molar-refractivity contribution in [1.29, 1.82) is 0 Å². The van der Waals surface area contributed by atoms with Gasteiger partial charge in [-0.2, -0.15) is 0 Å². The normalized spacial score (nSPS) is 16.4. The molecule has 2 N–H and O–H groups in total. The smallest absolute Gasteiger partial charge is 0.257 e. The van der Waals surface area contributed by atoms with E-state index in [0.29, 0.717) is 32.1 Å². The molecule has 0 aliphatic carbocycles. The van der Waals surface area contributed by atoms with Crippen molar-refractivity contribution in [3.8, 4) is 0 Å². The number of hydrogen-bond donors (Lipinski definition) is 2. The number of rotatable bonds is 4. The Morgan fingerprint density at radius 3 is 2.67 bits per heavy atom. The van der Waals surface area contributed by atoms with E-state index in [4.69, 9.17) is 23.2 Å². The summed E-state index contributed by atoms with van der Waals surface area (Å²) >= 11 is 13.9. The van der Waals surface area contributed by atoms with Gasteiger partial charge in [-0.05, 0) is 17.7 Å². The molecule has 24 heavy (non-hydrogen) atoms. The third kappa shape index (κ3) is 3.22. The summed E-state index contributed by atoms with van der Waals surface area (Å²) in [5, 5.41) is 3.91. The summed E-state index contributed by atoms with van der Waals surface area (Å²) in [5.74, 6) is 0.0728. The SMILES string of the molecule is C=CCSc1nc2c(c(=O)[nH]1)C(c1c(Cl)cccc1Cl)CC(=O)N2. The van der Waals surface area contributed by atoms with Gasteiger partial charge in [-0.15, -0.1) is 6.58 Å². The van der Waals surface area contributed by atoms with E-state index in [9.17, 15) is 9.59 Å². The summed E-state index contributed by atoms with van der Waals surface area (Å²) in [6.45, 7) is 3.63. The zero-order valence-electron chi connectivity index (χ0n) is 12.4. The highest BCUT2D eigenvalue weighted by molar-refractivity contribution is 7.99. The van der Waals surface area contributed by atoms with E-state index < -0.39 is 5.92 Å². The van der Waals surface area contributed by atoms with Gasteiger partial charge in [0.1, 0.15) is 5.82 Å². The molecule has 2 aromatic rings. The Bertz CT molecular complexity index is 862. The van der Waals surface area contributed by atoms with E-state index in [1.807, 2.05) is 0 Å². The Morgan fingerprint density at radius 1 is 1.29 bits per heavy atom. The molecule has 1 aromatic carbocycles. The van der Waals surface area contributed by atoms with Crippen molar-refractivity contribution in [2.45, 2.75) is 17.5 Å². The molecule has 124 valence electrons. The number of nitrogens with one attached hydrogen (secondary N) is 2. The number of anilines is 1. The van der Waals surface area contributed by atoms with E-state index in [-0.39, 0.29) is 23.7 Å². The first-order chi connectivity index (χ1) is 11.5. The topological polar surface area (TPSA) is 74.8 Å². The number of benzene rings is 1. The van der Waals surface area contributed by atoms with Gasteiger partial charge in [-0.25, -0.2) is 4.98 Å². The van der Waals surface area contributed by atoms with Gasteiger partial charge in [0.05, 0.1) is 5.56 Å². The van der Waals surface area contributed by atoms with Crippen molar-refractivity contribution in [1.82, 2.24) is 9.97 Å². The van der Waals surface area contributed by atoms with Gasteiger partial charge in [0, 0.05) is 28.1 Å². The number of carbonyl (C=O) groups is 1. The molecule has 0 spiro atoms. The number of nitrogens with zero attached hydrogens (tertiary/aromatic N) is 1. The van der Waals surface area contributed by atoms with Crippen LogP contribution >= 0.6 is 35.0 Å². The summed E-state index contributed by atoms with van der Waals surface area (Å²) in [5.41, 5.74) is 0.621. The number of carbonyl (C=O) groups excluding carboxylic acids is 1. The zero-order chi connectivity index (χ0) is 17.3. The monoisotopic (exact) mass is 381 g/mol. The predicted octanol–water partition coefficient (Wildman–Crippen LogP) is 3.83. The minimum atomic E-state index is -0.537. The number of aromatic amines is 1. The Morgan fingerprint density at radius 2 is 2.00 bits per heavy atom. The highest BCUT2D eigenvalue weighted by atomic mass is 35.5. The van der Waals surface area contributed by atoms with Crippen LogP contribution in [0.5, 0.6) is 0 Å². The quantitative estimate of drug-likeness (QED) is 0.479. The Balaban J connectivity index is 2.15. The molecule has 1 atom stereocenters. The molecule has 0 radical (unpaired) electrons. The average Bonchev–Trinajstić information content (AvgIpc) is 2.52. The van der Waals surface area contributed by atoms with Crippen LogP contribution in [-0.4, -0.2) is 21.6 Å². The summed E-state index contributed by atoms with van der Waals surface area (Å²) < 4.78 is 0. The first-order valence-electron chi connectivity index (χ1n) is 7.13. The van der Waals surface area contributed by atoms with E-state index in [2.05, 4.69) is 21.9 Å². The number of halogens is 2. The second-order valence-electron chi connectivity index (χ2n) is 5.17. The van der Waals surface area contributed by atoms with Gasteiger partial charge in [-0.3, -0.25) is 9.59 Å². The maximum absolute atomic E-state index is 12.6. The van der Waals surface area contributed by atoms with Crippen LogP contribution in [0.15, 0.2) is 40.8 Å². The van der Waals surface area contributed by atoms with Gasteiger partial charge in [0.2, 0.25) is 5.91 Å². The standard InChI is InChI=1S/C16H13Cl2N3O2S/c1-2-6-24-16-20-14-13(15(23)21-16)8(7-11(22)19-14)12-9(17)4-3-5-10(12)18/h2-5,8H,1,6-7H2,(H2,19,20,21,22,23). The molecule has 0 bridgehead atoms. The summed E-state index contributed by atoms with van der Waals surface area (Å²) in [4.78, 5) is 31.8. The van der Waals surface area contributed by atoms with Crippen molar-refractivity contribution in [2.24, 2.45) is 0 Å². The second kappa shape index (κ2) is 7.01. The number of aromatic nitrogens is 2. The van der Waals surface area contributed by atoms with E-state index in [0.717, 1.165) is 0 Å². The van der Waals surface area contributed by atoms with Crippen molar-refractivity contribution in [2.75, 3.05) is 11.1 Å². The van der Waals surface area contributed by atoms with Crippen LogP contribution in [0.25, 0.3) is 0 Å². The fourth-order valence-corrected chi connectivity index (χ4v) is 3.90. The minimum absolute atomic E-state index is 0.0837. The van der Waals surface area contributed by atoms with Gasteiger partial charge >= 0.3 is 0 Å². The van der Waals surface area contributed by atoms with Crippen LogP contribution in [0, 0.1) is 0 Å². The van der Waals surface area contributed by atoms with E-state index >= 15 is 0 Å². The van der Waals surface area contributed by atoms with Gasteiger partial charge < -0.3 is 10.3 Å². The molecule has 0 saturated heterocycles. The first kappa shape index (κ1) is 17.1. The molecule has 1 aromatic heterocycles. The Labute approximate surface area is 152 Å². The lowest BCUT2D eigenvalue weighted by molar-refractivity contribution is -0.116. The number of amides is 1. The lowest BCUT2D eigenvalue weighted by atomic mass is 9.87. The Hall–Kier alpha value is -1.76. The number of hydrogen-bond acceptors (Lipinski definition) is 4. The largest absolute Gasteiger partial charge is 0.310 e. The highest BCUT2D eigenvalue weighted by Crippen LogP contribution is 2.40. The minimum Gasteiger partial charge on any atom is -0.310 e. The molecule has 1 unspecified atom stereocenters. The predicted molar refractivity (Wildman–Crippen MR) is 97.3 cm³/mol. The molecule has 5 nitrogen and oxygen atoms in total. The van der Waals surface area contributed by atoms with Crippen LogP contribution in [0.4, 0.5) is 5.82 Å². The molecule has 0 fully saturated rings. The van der Waals surface area contributed by atoms with Crippen molar-refractivity contribution in [3.05, 3.63) is 62.4 Å². The van der Waals surface area contributed by atoms with Crippen LogP contribution in [0.2, 0.25) is 10.0 Å². The molecule has 2 heterocycles. The molecular weight excluding hydrogens is 369 g/mol. The summed E-state index contributed by atoms with van der Waals surface area (Å²) in [6.07, 6.45) is 1.79. The molecule has 1 aliphatic rings. The lowest BCUT2D eigenvalue weighted by Gasteiger charge is -2.25. The van der Waals surface area contributed by atoms with Crippen LogP contribution in [-0.2, 0) is 4.79 Å². The third-order valence-electron chi connectivity index (χ3n) is 3.62. The van der Waals surface area contributed by atoms with Crippen LogP contribution < -0.4 is 10.9 Å². The van der Waals surface area contributed by atoms with Crippen molar-refractivity contribution >= 4 is 46.7 Å². The van der Waals surface area contributed by atoms with Crippen molar-refractivity contribution < 1.29 is 4.79 Å². The average molecular weight is 382 g/mol. The van der Waals surface area contributed by atoms with E-state index in [1.54, 1.807) is 24.3 Å². The van der Waals surface area contributed by atoms with Crippen LogP contribution in [0.3, 0.4) is 0 Å². The van der Waals surface area contributed by atoms with Crippen LogP contribution in [0.1, 0.15) is 23.5 Å². The Kier molecular flexibility index (Phi) is 4.99. The fraction of sp³-hybridized carbons (Fsp3) is 0.188. The summed E-state index contributed by atoms with van der Waals surface area (Å²) in [7, 11) is 0. The molecule has 3 rings (SSSR count). The molecule has 0 saturated carbocycles. The number of thioether (sulfide) groups is 1. The summed E-state index contributed by atoms with van der Waals surface area (Å²) in [6, 6.07) is 5.09. The molecule has 8 heteroatoms. The van der Waals surface area contributed by atoms with Gasteiger partial charge in [0.25, 0.3) is 5.56 Å². The number of H-pyrrole nitrogens is 1. The van der Waals surface area contributed by atoms with Crippen molar-refractivity contribution in [3.63, 3.8) is 0 Å². The zero-order valence-corrected chi connectivity index (χ0v) is 14.8. The fourth-order valence-electron chi connectivity index (χ4n) is 2.65. The molecule has 1 amide bonds. The first-order valence-corrected chi connectivity index (χ1v) is 8.87. The number of fused-ring (bicyclic) bond motifs is 1. The van der Waals surface area contributed by atoms with Gasteiger partial charge in [-0.1, -0.05) is 47.1 Å². The van der Waals surface area contributed by atoms with Gasteiger partial charge in [0.15, 0.2) is 5.16 Å². The third-order valence-corrected chi connectivity index (χ3v) is 5.14. The van der Waals surface area contributed by atoms with E-state index in [1.165, 1.54) is 11.8 Å². The highest BCUT2D eigenvalue weighted by Gasteiger charge is 2.33.